The molecular weight excluding hydrogens is 352 g/mol. The van der Waals surface area contributed by atoms with Gasteiger partial charge in [0, 0.05) is 6.61 Å². The van der Waals surface area contributed by atoms with E-state index in [1.165, 1.54) is 51.4 Å². The number of allylic oxidation sites excluding steroid dienone is 2. The lowest BCUT2D eigenvalue weighted by Gasteiger charge is -2.58. The van der Waals surface area contributed by atoms with E-state index in [1.54, 1.807) is 0 Å². The van der Waals surface area contributed by atoms with Gasteiger partial charge in [0.1, 0.15) is 0 Å². The van der Waals surface area contributed by atoms with Gasteiger partial charge >= 0.3 is 0 Å². The van der Waals surface area contributed by atoms with Crippen LogP contribution in [0.15, 0.2) is 12.2 Å². The van der Waals surface area contributed by atoms with Gasteiger partial charge in [-0.05, 0) is 115 Å². The lowest BCUT2D eigenvalue weighted by atomic mass is 9.47. The molecule has 0 aliphatic heterocycles. The molecule has 4 fully saturated rings. The fourth-order valence-electron chi connectivity index (χ4n) is 9.16. The summed E-state index contributed by atoms with van der Waals surface area (Å²) >= 11 is 0. The van der Waals surface area contributed by atoms with Crippen molar-refractivity contribution in [1.82, 2.24) is 0 Å². The van der Waals surface area contributed by atoms with Crippen molar-refractivity contribution in [3.63, 3.8) is 0 Å². The van der Waals surface area contributed by atoms with Crippen molar-refractivity contribution in [2.45, 2.75) is 92.9 Å². The Morgan fingerprint density at radius 2 is 1.45 bits per heavy atom. The molecule has 29 heavy (non-hydrogen) atoms. The summed E-state index contributed by atoms with van der Waals surface area (Å²) < 4.78 is 0. The Balaban J connectivity index is 1.50. The minimum absolute atomic E-state index is 0.430. The first kappa shape index (κ1) is 21.9. The van der Waals surface area contributed by atoms with Crippen LogP contribution in [0.1, 0.15) is 92.9 Å². The Morgan fingerprint density at radius 3 is 2.14 bits per heavy atom. The van der Waals surface area contributed by atoms with Crippen molar-refractivity contribution < 1.29 is 5.11 Å². The van der Waals surface area contributed by atoms with Gasteiger partial charge in [0.25, 0.3) is 0 Å². The molecule has 0 radical (unpaired) electrons. The van der Waals surface area contributed by atoms with Crippen molar-refractivity contribution in [2.24, 2.45) is 64.1 Å². The highest BCUT2D eigenvalue weighted by molar-refractivity contribution is 5.12. The van der Waals surface area contributed by atoms with E-state index in [-0.39, 0.29) is 0 Å². The number of hydrogen-bond donors (Lipinski definition) is 1. The van der Waals surface area contributed by atoms with Gasteiger partial charge in [-0.1, -0.05) is 53.7 Å². The first-order valence-electron chi connectivity index (χ1n) is 13.0. The topological polar surface area (TPSA) is 20.2 Å². The number of aliphatic hydroxyl groups is 1. The first-order valence-corrected chi connectivity index (χ1v) is 13.0. The molecule has 4 saturated carbocycles. The smallest absolute Gasteiger partial charge is 0.0462 e. The monoisotopic (exact) mass is 400 g/mol. The summed E-state index contributed by atoms with van der Waals surface area (Å²) in [6, 6.07) is 0. The fraction of sp³-hybridized carbons (Fsp3) is 0.929. The predicted molar refractivity (Wildman–Crippen MR) is 123 cm³/mol. The highest BCUT2D eigenvalue weighted by atomic mass is 16.3. The molecule has 0 heterocycles. The van der Waals surface area contributed by atoms with E-state index in [2.05, 4.69) is 53.7 Å². The van der Waals surface area contributed by atoms with E-state index in [9.17, 15) is 5.11 Å². The summed E-state index contributed by atoms with van der Waals surface area (Å²) in [6.45, 7) is 15.3. The quantitative estimate of drug-likeness (QED) is 0.478. The maximum Gasteiger partial charge on any atom is 0.0462 e. The zero-order valence-corrected chi connectivity index (χ0v) is 20.2. The normalized spacial score (nSPS) is 49.1. The van der Waals surface area contributed by atoms with Crippen LogP contribution in [-0.2, 0) is 0 Å². The molecular formula is C28H48O. The molecule has 1 heteroatoms. The van der Waals surface area contributed by atoms with Gasteiger partial charge in [-0.25, -0.2) is 0 Å². The van der Waals surface area contributed by atoms with E-state index in [4.69, 9.17) is 0 Å². The lowest BCUT2D eigenvalue weighted by Crippen LogP contribution is -2.51. The second-order valence-corrected chi connectivity index (χ2v) is 12.6. The average Bonchev–Trinajstić information content (AvgIpc) is 3.22. The molecule has 4 rings (SSSR count). The summed E-state index contributed by atoms with van der Waals surface area (Å²) in [6.07, 6.45) is 16.4. The van der Waals surface area contributed by atoms with Crippen LogP contribution in [-0.4, -0.2) is 11.7 Å². The third-order valence-electron chi connectivity index (χ3n) is 11.3. The molecule has 1 nitrogen and oxygen atoms in total. The van der Waals surface area contributed by atoms with Crippen LogP contribution in [0.5, 0.6) is 0 Å². The van der Waals surface area contributed by atoms with Gasteiger partial charge in [0.05, 0.1) is 0 Å². The second kappa shape index (κ2) is 7.99. The minimum Gasteiger partial charge on any atom is -0.396 e. The van der Waals surface area contributed by atoms with Crippen LogP contribution in [0.2, 0.25) is 0 Å². The standard InChI is InChI=1S/C28H48O/c1-18(2)19(3)7-8-20(4)23-11-12-25-22-9-10-24-21(17-29)13-15-28(24,6)26(22)14-16-27(23,25)5/h7-8,18-26,29H,9-17H2,1-6H3/b8-7-/t19-,20+,21+,22?,23?,24?,25?,26?,27?,28?/m0/s1. The van der Waals surface area contributed by atoms with Crippen LogP contribution < -0.4 is 0 Å². The maximum absolute atomic E-state index is 9.92. The van der Waals surface area contributed by atoms with Crippen LogP contribution in [0.25, 0.3) is 0 Å². The van der Waals surface area contributed by atoms with E-state index in [0.29, 0.717) is 29.3 Å². The lowest BCUT2D eigenvalue weighted by molar-refractivity contribution is -0.0956. The van der Waals surface area contributed by atoms with Crippen molar-refractivity contribution in [1.29, 1.82) is 0 Å². The van der Waals surface area contributed by atoms with Crippen molar-refractivity contribution in [3.05, 3.63) is 12.2 Å². The highest BCUT2D eigenvalue weighted by Crippen LogP contribution is 2.69. The van der Waals surface area contributed by atoms with Gasteiger partial charge < -0.3 is 5.11 Å². The van der Waals surface area contributed by atoms with Crippen LogP contribution >= 0.6 is 0 Å². The molecule has 0 aromatic heterocycles. The van der Waals surface area contributed by atoms with E-state index in [1.807, 2.05) is 0 Å². The highest BCUT2D eigenvalue weighted by Gasteiger charge is 2.61. The Morgan fingerprint density at radius 1 is 0.793 bits per heavy atom. The third-order valence-corrected chi connectivity index (χ3v) is 11.3. The molecule has 7 unspecified atom stereocenters. The molecule has 0 bridgehead atoms. The third kappa shape index (κ3) is 3.46. The molecule has 166 valence electrons. The van der Waals surface area contributed by atoms with Gasteiger partial charge in [0.15, 0.2) is 0 Å². The molecule has 4 aliphatic carbocycles. The second-order valence-electron chi connectivity index (χ2n) is 12.6. The van der Waals surface area contributed by atoms with Gasteiger partial charge in [-0.3, -0.25) is 0 Å². The van der Waals surface area contributed by atoms with E-state index in [0.717, 1.165) is 41.4 Å². The Kier molecular flexibility index (Phi) is 6.04. The van der Waals surface area contributed by atoms with E-state index >= 15 is 0 Å². The Bertz CT molecular complexity index is 607. The number of hydrogen-bond acceptors (Lipinski definition) is 1. The zero-order valence-electron chi connectivity index (χ0n) is 20.2. The summed E-state index contributed by atoms with van der Waals surface area (Å²) in [5.41, 5.74) is 1.08. The van der Waals surface area contributed by atoms with Crippen molar-refractivity contribution in [2.75, 3.05) is 6.61 Å². The van der Waals surface area contributed by atoms with E-state index < -0.39 is 0 Å². The summed E-state index contributed by atoms with van der Waals surface area (Å²) in [5, 5.41) is 9.92. The predicted octanol–water partition coefficient (Wildman–Crippen LogP) is 7.35. The molecule has 0 saturated heterocycles. The largest absolute Gasteiger partial charge is 0.396 e. The van der Waals surface area contributed by atoms with Crippen LogP contribution in [0, 0.1) is 64.1 Å². The van der Waals surface area contributed by atoms with Gasteiger partial charge in [-0.15, -0.1) is 0 Å². The summed E-state index contributed by atoms with van der Waals surface area (Å²) in [4.78, 5) is 0. The average molecular weight is 401 g/mol. The SMILES string of the molecule is CC(C)[C@@H](C)/C=C\[C@@H](C)C1CCC2C3CCC4[C@@H](CO)CCC4(C)C3CCC21C. The Labute approximate surface area is 181 Å². The summed E-state index contributed by atoms with van der Waals surface area (Å²) in [7, 11) is 0. The van der Waals surface area contributed by atoms with Crippen LogP contribution in [0.3, 0.4) is 0 Å². The molecule has 0 aromatic carbocycles. The molecule has 0 aromatic rings. The molecule has 0 spiro atoms. The number of fused-ring (bicyclic) bond motifs is 5. The maximum atomic E-state index is 9.92. The van der Waals surface area contributed by atoms with Crippen molar-refractivity contribution in [3.8, 4) is 0 Å². The van der Waals surface area contributed by atoms with Crippen LogP contribution in [0.4, 0.5) is 0 Å². The minimum atomic E-state index is 0.430. The van der Waals surface area contributed by atoms with Crippen molar-refractivity contribution >= 4 is 0 Å². The Hall–Kier alpha value is -0.300. The number of aliphatic hydroxyl groups excluding tert-OH is 1. The fourth-order valence-corrected chi connectivity index (χ4v) is 9.16. The molecule has 1 N–H and O–H groups in total. The zero-order chi connectivity index (χ0) is 21.0. The summed E-state index contributed by atoms with van der Waals surface area (Å²) in [5.74, 6) is 7.28. The number of rotatable bonds is 5. The molecule has 0 amide bonds. The first-order chi connectivity index (χ1) is 13.7. The van der Waals surface area contributed by atoms with Gasteiger partial charge in [-0.2, -0.15) is 0 Å². The van der Waals surface area contributed by atoms with Gasteiger partial charge in [0.2, 0.25) is 0 Å². The molecule has 4 aliphatic rings. The molecule has 10 atom stereocenters.